The second-order valence-corrected chi connectivity index (χ2v) is 7.23. The molecule has 18 heavy (non-hydrogen) atoms. The average Bonchev–Trinajstić information content (AvgIpc) is 2.80. The predicted molar refractivity (Wildman–Crippen MR) is 80.1 cm³/mol. The lowest BCUT2D eigenvalue weighted by atomic mass is 9.84. The van der Waals surface area contributed by atoms with E-state index in [9.17, 15) is 0 Å². The number of hydrogen-bond donors (Lipinski definition) is 1. The fourth-order valence-corrected chi connectivity index (χ4v) is 3.31. The number of rotatable bonds is 3. The molecule has 1 aliphatic heterocycles. The first-order chi connectivity index (χ1) is 8.50. The summed E-state index contributed by atoms with van der Waals surface area (Å²) in [6.07, 6.45) is 1.23. The van der Waals surface area contributed by atoms with Crippen LogP contribution in [0, 0.1) is 5.41 Å². The molecular weight excluding hydrogens is 240 g/mol. The monoisotopic (exact) mass is 266 g/mol. The lowest BCUT2D eigenvalue weighted by Gasteiger charge is -2.45. The van der Waals surface area contributed by atoms with Crippen LogP contribution >= 0.6 is 11.3 Å². The number of thiophene rings is 1. The largest absolute Gasteiger partial charge is 0.311 e. The van der Waals surface area contributed by atoms with Gasteiger partial charge in [-0.3, -0.25) is 4.90 Å². The highest BCUT2D eigenvalue weighted by Crippen LogP contribution is 2.25. The van der Waals surface area contributed by atoms with Crippen molar-refractivity contribution in [1.82, 2.24) is 10.2 Å². The van der Waals surface area contributed by atoms with Crippen LogP contribution in [0.4, 0.5) is 0 Å². The molecular formula is C15H26N2S. The Bertz CT molecular complexity index is 353. The van der Waals surface area contributed by atoms with Crippen LogP contribution in [0.1, 0.15) is 39.7 Å². The van der Waals surface area contributed by atoms with E-state index in [0.29, 0.717) is 17.5 Å². The molecule has 0 radical (unpaired) electrons. The Hall–Kier alpha value is -0.380. The standard InChI is InChI=1S/C15H26N2S/c1-5-13-8-16-14(15(2,3)4)10-17(13)9-12-6-7-18-11-12/h6-7,11,13-14,16H,5,8-10H2,1-4H3. The summed E-state index contributed by atoms with van der Waals surface area (Å²) in [7, 11) is 0. The third-order valence-electron chi connectivity index (χ3n) is 4.02. The Kier molecular flexibility index (Phi) is 4.46. The van der Waals surface area contributed by atoms with Gasteiger partial charge in [0.25, 0.3) is 0 Å². The summed E-state index contributed by atoms with van der Waals surface area (Å²) in [5, 5.41) is 8.19. The Labute approximate surface area is 115 Å². The van der Waals surface area contributed by atoms with Crippen LogP contribution in [0.5, 0.6) is 0 Å². The Morgan fingerprint density at radius 2 is 2.22 bits per heavy atom. The molecule has 0 aromatic carbocycles. The summed E-state index contributed by atoms with van der Waals surface area (Å²) in [6, 6.07) is 3.54. The second kappa shape index (κ2) is 5.72. The Balaban J connectivity index is 2.04. The zero-order valence-corrected chi connectivity index (χ0v) is 12.9. The first-order valence-corrected chi connectivity index (χ1v) is 7.93. The van der Waals surface area contributed by atoms with Crippen molar-refractivity contribution in [2.24, 2.45) is 5.41 Å². The molecule has 0 aliphatic carbocycles. The summed E-state index contributed by atoms with van der Waals surface area (Å²) in [4.78, 5) is 2.66. The molecule has 1 N–H and O–H groups in total. The summed E-state index contributed by atoms with van der Waals surface area (Å²) >= 11 is 1.80. The van der Waals surface area contributed by atoms with E-state index in [1.54, 1.807) is 11.3 Å². The normalized spacial score (nSPS) is 26.4. The maximum Gasteiger partial charge on any atom is 0.0246 e. The van der Waals surface area contributed by atoms with Gasteiger partial charge in [0.2, 0.25) is 0 Å². The summed E-state index contributed by atoms with van der Waals surface area (Å²) in [5.41, 5.74) is 1.80. The first-order valence-electron chi connectivity index (χ1n) is 6.99. The molecule has 2 heterocycles. The van der Waals surface area contributed by atoms with Crippen molar-refractivity contribution in [1.29, 1.82) is 0 Å². The lowest BCUT2D eigenvalue weighted by molar-refractivity contribution is 0.0776. The predicted octanol–water partition coefficient (Wildman–Crippen LogP) is 3.35. The van der Waals surface area contributed by atoms with Crippen LogP contribution in [0.3, 0.4) is 0 Å². The van der Waals surface area contributed by atoms with E-state index in [2.05, 4.69) is 54.7 Å². The number of nitrogens with zero attached hydrogens (tertiary/aromatic N) is 1. The van der Waals surface area contributed by atoms with E-state index >= 15 is 0 Å². The van der Waals surface area contributed by atoms with E-state index in [-0.39, 0.29) is 0 Å². The smallest absolute Gasteiger partial charge is 0.0246 e. The maximum absolute atomic E-state index is 3.73. The summed E-state index contributed by atoms with van der Waals surface area (Å²) in [5.74, 6) is 0. The molecule has 0 saturated carbocycles. The van der Waals surface area contributed by atoms with E-state index < -0.39 is 0 Å². The van der Waals surface area contributed by atoms with Crippen molar-refractivity contribution >= 4 is 11.3 Å². The zero-order valence-electron chi connectivity index (χ0n) is 12.1. The molecule has 1 fully saturated rings. The van der Waals surface area contributed by atoms with Crippen LogP contribution in [0.15, 0.2) is 16.8 Å². The van der Waals surface area contributed by atoms with E-state index in [1.165, 1.54) is 12.0 Å². The van der Waals surface area contributed by atoms with Gasteiger partial charge >= 0.3 is 0 Å². The van der Waals surface area contributed by atoms with Crippen molar-refractivity contribution < 1.29 is 0 Å². The first kappa shape index (κ1) is 14.0. The molecule has 2 atom stereocenters. The highest BCUT2D eigenvalue weighted by Gasteiger charge is 2.33. The van der Waals surface area contributed by atoms with Crippen LogP contribution in [0.2, 0.25) is 0 Å². The van der Waals surface area contributed by atoms with Crippen LogP contribution in [0.25, 0.3) is 0 Å². The van der Waals surface area contributed by atoms with Gasteiger partial charge in [-0.15, -0.1) is 0 Å². The van der Waals surface area contributed by atoms with E-state index in [0.717, 1.165) is 19.6 Å². The topological polar surface area (TPSA) is 15.3 Å². The van der Waals surface area contributed by atoms with Gasteiger partial charge in [-0.05, 0) is 34.2 Å². The van der Waals surface area contributed by atoms with E-state index in [1.807, 2.05) is 0 Å². The minimum atomic E-state index is 0.339. The van der Waals surface area contributed by atoms with Gasteiger partial charge < -0.3 is 5.32 Å². The molecule has 2 unspecified atom stereocenters. The van der Waals surface area contributed by atoms with Gasteiger partial charge in [-0.1, -0.05) is 27.7 Å². The van der Waals surface area contributed by atoms with Gasteiger partial charge in [0.05, 0.1) is 0 Å². The quantitative estimate of drug-likeness (QED) is 0.902. The third-order valence-corrected chi connectivity index (χ3v) is 4.75. The van der Waals surface area contributed by atoms with Crippen molar-refractivity contribution in [3.05, 3.63) is 22.4 Å². The highest BCUT2D eigenvalue weighted by molar-refractivity contribution is 7.07. The van der Waals surface area contributed by atoms with Gasteiger partial charge in [0.1, 0.15) is 0 Å². The molecule has 3 heteroatoms. The van der Waals surface area contributed by atoms with Gasteiger partial charge in [-0.2, -0.15) is 11.3 Å². The molecule has 2 rings (SSSR count). The van der Waals surface area contributed by atoms with Crippen molar-refractivity contribution in [2.45, 2.75) is 52.7 Å². The molecule has 0 amide bonds. The fraction of sp³-hybridized carbons (Fsp3) is 0.733. The van der Waals surface area contributed by atoms with Gasteiger partial charge in [0, 0.05) is 31.7 Å². The SMILES string of the molecule is CCC1CNC(C(C)(C)C)CN1Cc1ccsc1. The zero-order chi connectivity index (χ0) is 13.2. The summed E-state index contributed by atoms with van der Waals surface area (Å²) in [6.45, 7) is 12.7. The van der Waals surface area contributed by atoms with Crippen LogP contribution in [-0.2, 0) is 6.54 Å². The molecule has 1 aliphatic rings. The van der Waals surface area contributed by atoms with Crippen molar-refractivity contribution in [2.75, 3.05) is 13.1 Å². The Morgan fingerprint density at radius 3 is 2.78 bits per heavy atom. The van der Waals surface area contributed by atoms with Crippen LogP contribution < -0.4 is 5.32 Å². The molecule has 1 saturated heterocycles. The molecule has 102 valence electrons. The van der Waals surface area contributed by atoms with E-state index in [4.69, 9.17) is 0 Å². The molecule has 0 bridgehead atoms. The summed E-state index contributed by atoms with van der Waals surface area (Å²) < 4.78 is 0. The Morgan fingerprint density at radius 1 is 1.44 bits per heavy atom. The second-order valence-electron chi connectivity index (χ2n) is 6.45. The minimum Gasteiger partial charge on any atom is -0.311 e. The van der Waals surface area contributed by atoms with Crippen molar-refractivity contribution in [3.8, 4) is 0 Å². The fourth-order valence-electron chi connectivity index (χ4n) is 2.65. The molecule has 0 spiro atoms. The average molecular weight is 266 g/mol. The molecule has 1 aromatic heterocycles. The molecule has 2 nitrogen and oxygen atoms in total. The molecule has 1 aromatic rings. The number of piperazine rings is 1. The number of nitrogens with one attached hydrogen (secondary N) is 1. The van der Waals surface area contributed by atoms with Crippen LogP contribution in [-0.4, -0.2) is 30.1 Å². The highest BCUT2D eigenvalue weighted by atomic mass is 32.1. The third kappa shape index (κ3) is 3.34. The number of hydrogen-bond acceptors (Lipinski definition) is 3. The maximum atomic E-state index is 3.73. The van der Waals surface area contributed by atoms with Gasteiger partial charge in [-0.25, -0.2) is 0 Å². The van der Waals surface area contributed by atoms with Crippen molar-refractivity contribution in [3.63, 3.8) is 0 Å². The van der Waals surface area contributed by atoms with Gasteiger partial charge in [0.15, 0.2) is 0 Å². The minimum absolute atomic E-state index is 0.339. The lowest BCUT2D eigenvalue weighted by Crippen LogP contribution is -2.59.